The second-order valence-corrected chi connectivity index (χ2v) is 3.62. The molecule has 0 saturated heterocycles. The fraction of sp³-hybridized carbons (Fsp3) is 0.273. The molecule has 2 aromatic rings. The number of carbonyl (C=O) groups is 1. The fourth-order valence-electron chi connectivity index (χ4n) is 1.39. The van der Waals surface area contributed by atoms with E-state index in [1.54, 1.807) is 7.05 Å². The van der Waals surface area contributed by atoms with E-state index >= 15 is 0 Å². The molecule has 0 bridgehead atoms. The molecule has 19 heavy (non-hydrogen) atoms. The number of carbonyl (C=O) groups excluding carboxylic acids is 1. The van der Waals surface area contributed by atoms with Crippen molar-refractivity contribution >= 4 is 5.97 Å². The average Bonchev–Trinajstić information content (AvgIpc) is 2.81. The number of hydrogen-bond acceptors (Lipinski definition) is 6. The molecule has 0 fully saturated rings. The van der Waals surface area contributed by atoms with Crippen LogP contribution in [-0.4, -0.2) is 33.3 Å². The van der Waals surface area contributed by atoms with Crippen molar-refractivity contribution in [3.63, 3.8) is 0 Å². The molecule has 1 aromatic carbocycles. The highest BCUT2D eigenvalue weighted by atomic mass is 19.1. The molecule has 0 saturated carbocycles. The Bertz CT molecular complexity index is 599. The van der Waals surface area contributed by atoms with Gasteiger partial charge in [0, 0.05) is 6.07 Å². The van der Waals surface area contributed by atoms with Gasteiger partial charge in [0.1, 0.15) is 11.6 Å². The summed E-state index contributed by atoms with van der Waals surface area (Å²) in [5.74, 6) is -0.811. The van der Waals surface area contributed by atoms with Gasteiger partial charge in [-0.3, -0.25) is 0 Å². The van der Waals surface area contributed by atoms with Crippen molar-refractivity contribution in [2.75, 3.05) is 7.11 Å². The lowest BCUT2D eigenvalue weighted by Gasteiger charge is -2.05. The Labute approximate surface area is 107 Å². The van der Waals surface area contributed by atoms with Crippen LogP contribution in [-0.2, 0) is 18.4 Å². The number of aryl methyl sites for hydroxylation is 1. The Kier molecular flexibility index (Phi) is 3.69. The van der Waals surface area contributed by atoms with Crippen LogP contribution >= 0.6 is 0 Å². The summed E-state index contributed by atoms with van der Waals surface area (Å²) in [4.78, 5) is 12.5. The van der Waals surface area contributed by atoms with Crippen molar-refractivity contribution in [3.8, 4) is 5.75 Å². The van der Waals surface area contributed by atoms with Crippen LogP contribution < -0.4 is 4.74 Å². The molecule has 7 nitrogen and oxygen atoms in total. The van der Waals surface area contributed by atoms with E-state index in [0.29, 0.717) is 5.82 Å². The maximum absolute atomic E-state index is 13.6. The molecule has 1 heterocycles. The molecule has 0 amide bonds. The van der Waals surface area contributed by atoms with E-state index in [-0.39, 0.29) is 17.9 Å². The van der Waals surface area contributed by atoms with Crippen LogP contribution in [0.15, 0.2) is 18.2 Å². The minimum Gasteiger partial charge on any atom is -0.485 e. The number of ether oxygens (including phenoxy) is 2. The molecular weight excluding hydrogens is 255 g/mol. The van der Waals surface area contributed by atoms with Crippen molar-refractivity contribution < 1.29 is 18.7 Å². The summed E-state index contributed by atoms with van der Waals surface area (Å²) in [5, 5.41) is 11.3. The summed E-state index contributed by atoms with van der Waals surface area (Å²) < 4.78 is 23.3. The number of benzene rings is 1. The number of aromatic nitrogens is 4. The molecule has 0 aliphatic rings. The van der Waals surface area contributed by atoms with Crippen LogP contribution in [0.3, 0.4) is 0 Å². The molecule has 0 N–H and O–H groups in total. The number of hydrogen-bond donors (Lipinski definition) is 0. The number of halogens is 1. The Hall–Kier alpha value is -2.51. The zero-order chi connectivity index (χ0) is 13.8. The normalized spacial score (nSPS) is 10.3. The van der Waals surface area contributed by atoms with Crippen LogP contribution in [0.1, 0.15) is 16.2 Å². The maximum atomic E-state index is 13.6. The first-order valence-electron chi connectivity index (χ1n) is 5.33. The molecule has 0 aliphatic heterocycles. The molecule has 100 valence electrons. The number of esters is 1. The van der Waals surface area contributed by atoms with Gasteiger partial charge >= 0.3 is 5.97 Å². The zero-order valence-electron chi connectivity index (χ0n) is 10.3. The predicted molar refractivity (Wildman–Crippen MR) is 60.9 cm³/mol. The molecule has 0 radical (unpaired) electrons. The fourth-order valence-corrected chi connectivity index (χ4v) is 1.39. The van der Waals surface area contributed by atoms with Crippen molar-refractivity contribution in [2.24, 2.45) is 7.05 Å². The minimum absolute atomic E-state index is 0.0604. The van der Waals surface area contributed by atoms with Gasteiger partial charge in [-0.15, -0.1) is 10.2 Å². The highest BCUT2D eigenvalue weighted by Gasteiger charge is 2.13. The first-order chi connectivity index (χ1) is 9.10. The van der Waals surface area contributed by atoms with E-state index in [9.17, 15) is 9.18 Å². The summed E-state index contributed by atoms with van der Waals surface area (Å²) in [6, 6.07) is 3.86. The Morgan fingerprint density at radius 3 is 2.84 bits per heavy atom. The van der Waals surface area contributed by atoms with Crippen molar-refractivity contribution in [1.82, 2.24) is 20.2 Å². The van der Waals surface area contributed by atoms with Gasteiger partial charge in [0.15, 0.2) is 6.61 Å². The number of methoxy groups -OCH3 is 1. The lowest BCUT2D eigenvalue weighted by Crippen LogP contribution is -2.05. The van der Waals surface area contributed by atoms with Crippen molar-refractivity contribution in [1.29, 1.82) is 0 Å². The van der Waals surface area contributed by atoms with Crippen LogP contribution in [0.25, 0.3) is 0 Å². The van der Waals surface area contributed by atoms with Gasteiger partial charge in [0.2, 0.25) is 5.82 Å². The Balaban J connectivity index is 2.06. The van der Waals surface area contributed by atoms with E-state index in [0.717, 1.165) is 6.07 Å². The van der Waals surface area contributed by atoms with Gasteiger partial charge < -0.3 is 9.47 Å². The third kappa shape index (κ3) is 3.03. The van der Waals surface area contributed by atoms with Crippen LogP contribution in [0.5, 0.6) is 5.75 Å². The van der Waals surface area contributed by atoms with E-state index < -0.39 is 11.8 Å². The van der Waals surface area contributed by atoms with Crippen molar-refractivity contribution in [2.45, 2.75) is 6.61 Å². The molecular formula is C11H11FN4O3. The second kappa shape index (κ2) is 5.42. The van der Waals surface area contributed by atoms with Gasteiger partial charge in [-0.05, 0) is 17.3 Å². The summed E-state index contributed by atoms with van der Waals surface area (Å²) >= 11 is 0. The molecule has 0 unspecified atom stereocenters. The smallest absolute Gasteiger partial charge is 0.340 e. The van der Waals surface area contributed by atoms with Gasteiger partial charge in [-0.2, -0.15) is 4.80 Å². The van der Waals surface area contributed by atoms with E-state index in [1.807, 2.05) is 0 Å². The zero-order valence-corrected chi connectivity index (χ0v) is 10.3. The third-order valence-electron chi connectivity index (χ3n) is 2.26. The molecule has 1 aromatic heterocycles. The molecule has 8 heteroatoms. The monoisotopic (exact) mass is 266 g/mol. The Morgan fingerprint density at radius 1 is 1.47 bits per heavy atom. The molecule has 0 atom stereocenters. The summed E-state index contributed by atoms with van der Waals surface area (Å²) in [6.45, 7) is 0.0604. The topological polar surface area (TPSA) is 79.1 Å². The van der Waals surface area contributed by atoms with Gasteiger partial charge in [-0.1, -0.05) is 0 Å². The Morgan fingerprint density at radius 2 is 2.26 bits per heavy atom. The molecule has 0 aliphatic carbocycles. The second-order valence-electron chi connectivity index (χ2n) is 3.62. The molecule has 0 spiro atoms. The number of tetrazole rings is 1. The minimum atomic E-state index is -0.736. The van der Waals surface area contributed by atoms with E-state index in [2.05, 4.69) is 20.1 Å². The SMILES string of the molecule is COC(=O)c1ccc(OCc2nnn(C)n2)cc1F. The number of nitrogens with zero attached hydrogens (tertiary/aromatic N) is 4. The van der Waals surface area contributed by atoms with Gasteiger partial charge in [0.05, 0.1) is 19.7 Å². The van der Waals surface area contributed by atoms with Crippen LogP contribution in [0, 0.1) is 5.82 Å². The van der Waals surface area contributed by atoms with Crippen LogP contribution in [0.2, 0.25) is 0 Å². The summed E-state index contributed by atoms with van der Waals surface area (Å²) in [6.07, 6.45) is 0. The highest BCUT2D eigenvalue weighted by Crippen LogP contribution is 2.18. The van der Waals surface area contributed by atoms with Gasteiger partial charge in [-0.25, -0.2) is 9.18 Å². The molecule has 2 rings (SSSR count). The summed E-state index contributed by atoms with van der Waals surface area (Å²) in [5.41, 5.74) is -0.146. The lowest BCUT2D eigenvalue weighted by molar-refractivity contribution is 0.0595. The summed E-state index contributed by atoms with van der Waals surface area (Å²) in [7, 11) is 2.81. The van der Waals surface area contributed by atoms with Crippen molar-refractivity contribution in [3.05, 3.63) is 35.4 Å². The highest BCUT2D eigenvalue weighted by molar-refractivity contribution is 5.89. The first-order valence-corrected chi connectivity index (χ1v) is 5.33. The number of rotatable bonds is 4. The lowest BCUT2D eigenvalue weighted by atomic mass is 10.2. The van der Waals surface area contributed by atoms with Gasteiger partial charge in [0.25, 0.3) is 0 Å². The largest absolute Gasteiger partial charge is 0.485 e. The maximum Gasteiger partial charge on any atom is 0.340 e. The van der Waals surface area contributed by atoms with E-state index in [1.165, 1.54) is 24.0 Å². The standard InChI is InChI=1S/C11H11FN4O3/c1-16-14-10(13-15-16)6-19-7-3-4-8(9(12)5-7)11(17)18-2/h3-5H,6H2,1-2H3. The van der Waals surface area contributed by atoms with Crippen LogP contribution in [0.4, 0.5) is 4.39 Å². The third-order valence-corrected chi connectivity index (χ3v) is 2.26. The quantitative estimate of drug-likeness (QED) is 0.758. The predicted octanol–water partition coefficient (Wildman–Crippen LogP) is 0.715. The first kappa shape index (κ1) is 12.9. The van der Waals surface area contributed by atoms with E-state index in [4.69, 9.17) is 4.74 Å². The average molecular weight is 266 g/mol.